The molecular weight excluding hydrogens is 201 g/mol. The molecule has 0 aromatic carbocycles. The van der Waals surface area contributed by atoms with Crippen LogP contribution in [0.3, 0.4) is 0 Å². The third-order valence-corrected chi connectivity index (χ3v) is 2.07. The van der Waals surface area contributed by atoms with Crippen LogP contribution in [0.5, 0.6) is 0 Å². The predicted molar refractivity (Wildman–Crippen MR) is 40.2 cm³/mol. The summed E-state index contributed by atoms with van der Waals surface area (Å²) in [4.78, 5) is 22.0. The molecular formula is C7H9F3N2O2. The molecule has 0 unspecified atom stereocenters. The van der Waals surface area contributed by atoms with Crippen molar-refractivity contribution in [2.45, 2.75) is 6.18 Å². The third kappa shape index (κ3) is 2.03. The number of likely N-dealkylation sites (tertiary alicyclic amines) is 1. The van der Waals surface area contributed by atoms with E-state index in [0.717, 1.165) is 0 Å². The molecule has 0 saturated carbocycles. The van der Waals surface area contributed by atoms with Gasteiger partial charge in [-0.3, -0.25) is 9.59 Å². The van der Waals surface area contributed by atoms with Crippen LogP contribution < -0.4 is 5.73 Å². The number of hydrogen-bond donors (Lipinski definition) is 1. The lowest BCUT2D eigenvalue weighted by atomic mass is 9.95. The van der Waals surface area contributed by atoms with Crippen LogP contribution in [0.2, 0.25) is 0 Å². The number of Topliss-reactive ketones (excluding diaryl/α,β-unsaturated/α-hetero) is 1. The summed E-state index contributed by atoms with van der Waals surface area (Å²) in [6.07, 6.45) is -4.85. The highest BCUT2D eigenvalue weighted by atomic mass is 19.4. The summed E-state index contributed by atoms with van der Waals surface area (Å²) in [5, 5.41) is 0. The highest BCUT2D eigenvalue weighted by Crippen LogP contribution is 2.24. The van der Waals surface area contributed by atoms with E-state index in [4.69, 9.17) is 5.73 Å². The van der Waals surface area contributed by atoms with Gasteiger partial charge in [0.15, 0.2) is 5.78 Å². The Balaban J connectivity index is 2.42. The molecule has 0 bridgehead atoms. The van der Waals surface area contributed by atoms with E-state index >= 15 is 0 Å². The number of nitrogens with two attached hydrogens (primary N) is 1. The predicted octanol–water partition coefficient (Wildman–Crippen LogP) is -0.465. The maximum atomic E-state index is 11.8. The van der Waals surface area contributed by atoms with Gasteiger partial charge in [0.25, 0.3) is 0 Å². The third-order valence-electron chi connectivity index (χ3n) is 2.07. The number of ketones is 1. The van der Waals surface area contributed by atoms with Gasteiger partial charge in [-0.05, 0) is 0 Å². The normalized spacial score (nSPS) is 17.9. The molecule has 14 heavy (non-hydrogen) atoms. The fourth-order valence-electron chi connectivity index (χ4n) is 1.19. The Morgan fingerprint density at radius 2 is 1.86 bits per heavy atom. The minimum Gasteiger partial charge on any atom is -0.333 e. The van der Waals surface area contributed by atoms with Crippen LogP contribution >= 0.6 is 0 Å². The Morgan fingerprint density at radius 1 is 1.36 bits per heavy atom. The fourth-order valence-corrected chi connectivity index (χ4v) is 1.19. The summed E-state index contributed by atoms with van der Waals surface area (Å²) in [5.74, 6) is -2.72. The van der Waals surface area contributed by atoms with Crippen LogP contribution in [-0.2, 0) is 9.59 Å². The minimum atomic E-state index is -4.85. The lowest BCUT2D eigenvalue weighted by Gasteiger charge is -2.38. The molecule has 1 heterocycles. The number of halogens is 3. The van der Waals surface area contributed by atoms with Crippen molar-refractivity contribution >= 4 is 11.7 Å². The van der Waals surface area contributed by atoms with Gasteiger partial charge in [0.1, 0.15) is 0 Å². The van der Waals surface area contributed by atoms with Crippen LogP contribution in [0.1, 0.15) is 0 Å². The zero-order valence-electron chi connectivity index (χ0n) is 7.17. The number of hydrogen-bond acceptors (Lipinski definition) is 3. The quantitative estimate of drug-likeness (QED) is 0.670. The van der Waals surface area contributed by atoms with E-state index < -0.39 is 18.0 Å². The average Bonchev–Trinajstić information content (AvgIpc) is 1.99. The summed E-state index contributed by atoms with van der Waals surface area (Å²) < 4.78 is 35.5. The van der Waals surface area contributed by atoms with Crippen LogP contribution in [0.15, 0.2) is 0 Å². The van der Waals surface area contributed by atoms with Gasteiger partial charge in [-0.2, -0.15) is 13.2 Å². The maximum Gasteiger partial charge on any atom is 0.471 e. The zero-order valence-corrected chi connectivity index (χ0v) is 7.17. The Morgan fingerprint density at radius 3 is 2.21 bits per heavy atom. The van der Waals surface area contributed by atoms with E-state index in [-0.39, 0.29) is 25.4 Å². The first kappa shape index (κ1) is 11.0. The molecule has 1 aliphatic heterocycles. The van der Waals surface area contributed by atoms with Gasteiger partial charge in [-0.15, -0.1) is 0 Å². The molecule has 1 saturated heterocycles. The fraction of sp³-hybridized carbons (Fsp3) is 0.714. The van der Waals surface area contributed by atoms with E-state index in [1.807, 2.05) is 0 Å². The summed E-state index contributed by atoms with van der Waals surface area (Å²) in [7, 11) is 0. The van der Waals surface area contributed by atoms with Crippen LogP contribution in [-0.4, -0.2) is 42.4 Å². The Bertz CT molecular complexity index is 258. The monoisotopic (exact) mass is 210 g/mol. The number of nitrogens with zero attached hydrogens (tertiary/aromatic N) is 1. The van der Waals surface area contributed by atoms with Gasteiger partial charge in [-0.25, -0.2) is 0 Å². The van der Waals surface area contributed by atoms with Crippen LogP contribution in [0.4, 0.5) is 13.2 Å². The van der Waals surface area contributed by atoms with E-state index in [9.17, 15) is 22.8 Å². The van der Waals surface area contributed by atoms with Crippen molar-refractivity contribution in [3.05, 3.63) is 0 Å². The SMILES string of the molecule is NCC(=O)C1CN(C(=O)C(F)(F)F)C1. The molecule has 2 N–H and O–H groups in total. The van der Waals surface area contributed by atoms with E-state index in [1.54, 1.807) is 0 Å². The van der Waals surface area contributed by atoms with Crippen LogP contribution in [0, 0.1) is 5.92 Å². The molecule has 1 aliphatic rings. The summed E-state index contributed by atoms with van der Waals surface area (Å²) in [6, 6.07) is 0. The summed E-state index contributed by atoms with van der Waals surface area (Å²) in [5.41, 5.74) is 5.01. The second-order valence-corrected chi connectivity index (χ2v) is 3.08. The molecule has 0 aliphatic carbocycles. The first-order valence-electron chi connectivity index (χ1n) is 3.95. The van der Waals surface area contributed by atoms with Crippen molar-refractivity contribution in [2.24, 2.45) is 11.7 Å². The van der Waals surface area contributed by atoms with E-state index in [1.165, 1.54) is 0 Å². The Hall–Kier alpha value is -1.11. The number of carbonyl (C=O) groups excluding carboxylic acids is 2. The number of alkyl halides is 3. The van der Waals surface area contributed by atoms with E-state index in [2.05, 4.69) is 0 Å². The lowest BCUT2D eigenvalue weighted by Crippen LogP contribution is -2.57. The molecule has 0 atom stereocenters. The maximum absolute atomic E-state index is 11.8. The molecule has 7 heteroatoms. The van der Waals surface area contributed by atoms with Gasteiger partial charge >= 0.3 is 12.1 Å². The second kappa shape index (κ2) is 3.56. The highest BCUT2D eigenvalue weighted by Gasteiger charge is 2.47. The first-order chi connectivity index (χ1) is 6.36. The zero-order chi connectivity index (χ0) is 10.9. The van der Waals surface area contributed by atoms with Gasteiger partial charge in [0.05, 0.1) is 12.5 Å². The molecule has 4 nitrogen and oxygen atoms in total. The number of amides is 1. The minimum absolute atomic E-state index is 0.172. The highest BCUT2D eigenvalue weighted by molar-refractivity contribution is 5.88. The standard InChI is InChI=1S/C7H9F3N2O2/c8-7(9,10)6(14)12-2-4(3-12)5(13)1-11/h4H,1-3,11H2. The molecule has 0 aromatic rings. The largest absolute Gasteiger partial charge is 0.471 e. The summed E-state index contributed by atoms with van der Waals surface area (Å²) >= 11 is 0. The number of carbonyl (C=O) groups is 2. The van der Waals surface area contributed by atoms with Crippen LogP contribution in [0.25, 0.3) is 0 Å². The Labute approximate surface area is 77.8 Å². The van der Waals surface area contributed by atoms with Gasteiger partial charge < -0.3 is 10.6 Å². The molecule has 0 radical (unpaired) electrons. The second-order valence-electron chi connectivity index (χ2n) is 3.08. The topological polar surface area (TPSA) is 63.4 Å². The molecule has 0 aromatic heterocycles. The average molecular weight is 210 g/mol. The van der Waals surface area contributed by atoms with Gasteiger partial charge in [-0.1, -0.05) is 0 Å². The van der Waals surface area contributed by atoms with Crippen molar-refractivity contribution in [2.75, 3.05) is 19.6 Å². The van der Waals surface area contributed by atoms with Crippen molar-refractivity contribution in [1.29, 1.82) is 0 Å². The van der Waals surface area contributed by atoms with Gasteiger partial charge in [0.2, 0.25) is 0 Å². The first-order valence-corrected chi connectivity index (χ1v) is 3.95. The van der Waals surface area contributed by atoms with Gasteiger partial charge in [0, 0.05) is 13.1 Å². The molecule has 1 fully saturated rings. The van der Waals surface area contributed by atoms with Crippen molar-refractivity contribution in [3.8, 4) is 0 Å². The molecule has 1 rings (SSSR count). The molecule has 80 valence electrons. The summed E-state index contributed by atoms with van der Waals surface area (Å²) in [6.45, 7) is -0.540. The smallest absolute Gasteiger partial charge is 0.333 e. The number of rotatable bonds is 2. The van der Waals surface area contributed by atoms with E-state index in [0.29, 0.717) is 4.90 Å². The lowest BCUT2D eigenvalue weighted by molar-refractivity contribution is -0.191. The van der Waals surface area contributed by atoms with Crippen molar-refractivity contribution < 1.29 is 22.8 Å². The molecule has 0 spiro atoms. The molecule has 1 amide bonds. The Kier molecular flexibility index (Phi) is 2.79. The van der Waals surface area contributed by atoms with Crippen molar-refractivity contribution in [3.63, 3.8) is 0 Å². The van der Waals surface area contributed by atoms with Crippen molar-refractivity contribution in [1.82, 2.24) is 4.90 Å².